The first-order valence-electron chi connectivity index (χ1n) is 8.60. The fourth-order valence-electron chi connectivity index (χ4n) is 2.79. The molecule has 2 amide bonds. The largest absolute Gasteiger partial charge is 0.497 e. The molecule has 0 unspecified atom stereocenters. The molecule has 0 aromatic heterocycles. The van der Waals surface area contributed by atoms with Gasteiger partial charge in [-0.3, -0.25) is 9.59 Å². The van der Waals surface area contributed by atoms with Gasteiger partial charge in [0, 0.05) is 36.1 Å². The predicted octanol–water partition coefficient (Wildman–Crippen LogP) is 3.31. The fourth-order valence-corrected chi connectivity index (χ4v) is 2.79. The molecule has 0 bridgehead atoms. The molecule has 1 heterocycles. The summed E-state index contributed by atoms with van der Waals surface area (Å²) < 4.78 is 10.4. The molecule has 1 aliphatic heterocycles. The number of nitrogens with one attached hydrogen (secondary N) is 2. The summed E-state index contributed by atoms with van der Waals surface area (Å²) in [4.78, 5) is 24.5. The van der Waals surface area contributed by atoms with Crippen molar-refractivity contribution in [3.05, 3.63) is 54.1 Å². The minimum absolute atomic E-state index is 0.00346. The molecule has 6 heteroatoms. The molecule has 6 nitrogen and oxygen atoms in total. The van der Waals surface area contributed by atoms with Gasteiger partial charge in [-0.1, -0.05) is 0 Å². The molecule has 1 aliphatic rings. The molecule has 26 heavy (non-hydrogen) atoms. The molecule has 2 aromatic rings. The number of ether oxygens (including phenoxy) is 2. The summed E-state index contributed by atoms with van der Waals surface area (Å²) in [6, 6.07) is 14.0. The van der Waals surface area contributed by atoms with Crippen molar-refractivity contribution in [1.82, 2.24) is 0 Å². The molecule has 1 fully saturated rings. The van der Waals surface area contributed by atoms with Crippen molar-refractivity contribution in [2.75, 3.05) is 31.0 Å². The van der Waals surface area contributed by atoms with E-state index in [0.29, 0.717) is 30.2 Å². The zero-order valence-corrected chi connectivity index (χ0v) is 14.7. The Balaban J connectivity index is 1.57. The topological polar surface area (TPSA) is 76.7 Å². The molecule has 3 rings (SSSR count). The highest BCUT2D eigenvalue weighted by molar-refractivity contribution is 6.04. The van der Waals surface area contributed by atoms with E-state index in [1.807, 2.05) is 0 Å². The number of carbonyl (C=O) groups is 2. The second kappa shape index (κ2) is 8.49. The zero-order valence-electron chi connectivity index (χ0n) is 14.7. The number of methoxy groups -OCH3 is 1. The lowest BCUT2D eigenvalue weighted by atomic mass is 9.99. The fraction of sp³-hybridized carbons (Fsp3) is 0.300. The third-order valence-electron chi connectivity index (χ3n) is 4.35. The van der Waals surface area contributed by atoms with Crippen molar-refractivity contribution in [3.63, 3.8) is 0 Å². The van der Waals surface area contributed by atoms with Gasteiger partial charge < -0.3 is 20.1 Å². The van der Waals surface area contributed by atoms with Crippen molar-refractivity contribution in [2.45, 2.75) is 12.8 Å². The first-order chi connectivity index (χ1) is 12.7. The highest BCUT2D eigenvalue weighted by Crippen LogP contribution is 2.19. The number of rotatable bonds is 5. The lowest BCUT2D eigenvalue weighted by Crippen LogP contribution is -2.28. The van der Waals surface area contributed by atoms with Gasteiger partial charge in [-0.2, -0.15) is 0 Å². The van der Waals surface area contributed by atoms with Gasteiger partial charge in [0.2, 0.25) is 5.91 Å². The van der Waals surface area contributed by atoms with Crippen LogP contribution in [-0.2, 0) is 9.53 Å². The lowest BCUT2D eigenvalue weighted by molar-refractivity contribution is -0.122. The summed E-state index contributed by atoms with van der Waals surface area (Å²) >= 11 is 0. The maximum absolute atomic E-state index is 12.3. The van der Waals surface area contributed by atoms with E-state index >= 15 is 0 Å². The Kier molecular flexibility index (Phi) is 5.86. The Morgan fingerprint density at radius 3 is 2.12 bits per heavy atom. The Bertz CT molecular complexity index is 750. The number of hydrogen-bond acceptors (Lipinski definition) is 4. The Morgan fingerprint density at radius 2 is 1.50 bits per heavy atom. The van der Waals surface area contributed by atoms with Crippen LogP contribution < -0.4 is 15.4 Å². The summed E-state index contributed by atoms with van der Waals surface area (Å²) in [5.74, 6) is 0.510. The van der Waals surface area contributed by atoms with Crippen LogP contribution in [0.3, 0.4) is 0 Å². The second-order valence-corrected chi connectivity index (χ2v) is 6.14. The van der Waals surface area contributed by atoms with Gasteiger partial charge in [0.05, 0.1) is 7.11 Å². The Labute approximate surface area is 152 Å². The first kappa shape index (κ1) is 17.9. The van der Waals surface area contributed by atoms with E-state index < -0.39 is 0 Å². The van der Waals surface area contributed by atoms with Gasteiger partial charge in [0.1, 0.15) is 5.75 Å². The molecule has 2 aromatic carbocycles. The highest BCUT2D eigenvalue weighted by Gasteiger charge is 2.21. The average Bonchev–Trinajstić information content (AvgIpc) is 2.69. The maximum Gasteiger partial charge on any atom is 0.255 e. The van der Waals surface area contributed by atoms with E-state index in [4.69, 9.17) is 9.47 Å². The second-order valence-electron chi connectivity index (χ2n) is 6.14. The van der Waals surface area contributed by atoms with Crippen LogP contribution in [0.4, 0.5) is 11.4 Å². The maximum atomic E-state index is 12.3. The van der Waals surface area contributed by atoms with Crippen molar-refractivity contribution in [1.29, 1.82) is 0 Å². The molecule has 0 saturated carbocycles. The summed E-state index contributed by atoms with van der Waals surface area (Å²) in [7, 11) is 1.59. The number of anilines is 2. The van der Waals surface area contributed by atoms with Gasteiger partial charge in [-0.05, 0) is 61.4 Å². The van der Waals surface area contributed by atoms with E-state index in [0.717, 1.165) is 18.6 Å². The molecular formula is C20H22N2O4. The molecule has 0 atom stereocenters. The Morgan fingerprint density at radius 1 is 0.923 bits per heavy atom. The number of hydrogen-bond donors (Lipinski definition) is 2. The molecule has 1 saturated heterocycles. The van der Waals surface area contributed by atoms with Crippen LogP contribution in [0.2, 0.25) is 0 Å². The summed E-state index contributed by atoms with van der Waals surface area (Å²) in [6.45, 7) is 1.26. The zero-order chi connectivity index (χ0) is 18.4. The average molecular weight is 354 g/mol. The van der Waals surface area contributed by atoms with Crippen LogP contribution in [0, 0.1) is 5.92 Å². The summed E-state index contributed by atoms with van der Waals surface area (Å²) in [5.41, 5.74) is 1.89. The van der Waals surface area contributed by atoms with Crippen LogP contribution in [0.1, 0.15) is 23.2 Å². The lowest BCUT2D eigenvalue weighted by Gasteiger charge is -2.21. The smallest absolute Gasteiger partial charge is 0.255 e. The van der Waals surface area contributed by atoms with Crippen LogP contribution in [0.25, 0.3) is 0 Å². The first-order valence-corrected chi connectivity index (χ1v) is 8.60. The van der Waals surface area contributed by atoms with E-state index in [-0.39, 0.29) is 17.7 Å². The summed E-state index contributed by atoms with van der Waals surface area (Å²) in [6.07, 6.45) is 1.49. The standard InChI is InChI=1S/C20H22N2O4/c1-25-18-8-6-17(7-9-18)22-19(23)14-2-4-16(5-3-14)21-20(24)15-10-12-26-13-11-15/h2-9,15H,10-13H2,1H3,(H,21,24)(H,22,23). The molecule has 0 radical (unpaired) electrons. The number of benzene rings is 2. The van der Waals surface area contributed by atoms with Gasteiger partial charge >= 0.3 is 0 Å². The van der Waals surface area contributed by atoms with E-state index in [9.17, 15) is 9.59 Å². The van der Waals surface area contributed by atoms with Crippen LogP contribution in [0.5, 0.6) is 5.75 Å². The molecule has 136 valence electrons. The van der Waals surface area contributed by atoms with E-state index in [1.54, 1.807) is 55.6 Å². The van der Waals surface area contributed by atoms with E-state index in [2.05, 4.69) is 10.6 Å². The molecular weight excluding hydrogens is 332 g/mol. The van der Waals surface area contributed by atoms with Crippen LogP contribution in [0.15, 0.2) is 48.5 Å². The number of carbonyl (C=O) groups excluding carboxylic acids is 2. The van der Waals surface area contributed by atoms with Crippen LogP contribution in [-0.4, -0.2) is 32.1 Å². The Hall–Kier alpha value is -2.86. The van der Waals surface area contributed by atoms with Gasteiger partial charge in [0.15, 0.2) is 0 Å². The van der Waals surface area contributed by atoms with Crippen molar-refractivity contribution < 1.29 is 19.1 Å². The van der Waals surface area contributed by atoms with Gasteiger partial charge in [0.25, 0.3) is 5.91 Å². The van der Waals surface area contributed by atoms with Crippen molar-refractivity contribution in [3.8, 4) is 5.75 Å². The molecule has 0 spiro atoms. The SMILES string of the molecule is COc1ccc(NC(=O)c2ccc(NC(=O)C3CCOCC3)cc2)cc1. The minimum atomic E-state index is -0.211. The van der Waals surface area contributed by atoms with Crippen LogP contribution >= 0.6 is 0 Å². The van der Waals surface area contributed by atoms with E-state index in [1.165, 1.54) is 0 Å². The highest BCUT2D eigenvalue weighted by atomic mass is 16.5. The van der Waals surface area contributed by atoms with Gasteiger partial charge in [-0.25, -0.2) is 0 Å². The summed E-state index contributed by atoms with van der Waals surface area (Å²) in [5, 5.41) is 5.73. The normalized spacial score (nSPS) is 14.5. The predicted molar refractivity (Wildman–Crippen MR) is 99.6 cm³/mol. The third-order valence-corrected chi connectivity index (χ3v) is 4.35. The van der Waals surface area contributed by atoms with Crippen molar-refractivity contribution in [2.24, 2.45) is 5.92 Å². The number of amides is 2. The quantitative estimate of drug-likeness (QED) is 0.864. The minimum Gasteiger partial charge on any atom is -0.497 e. The molecule has 0 aliphatic carbocycles. The third kappa shape index (κ3) is 4.61. The van der Waals surface area contributed by atoms with Crippen molar-refractivity contribution >= 4 is 23.2 Å². The molecule has 2 N–H and O–H groups in total. The monoisotopic (exact) mass is 354 g/mol. The van der Waals surface area contributed by atoms with Gasteiger partial charge in [-0.15, -0.1) is 0 Å².